The molecule has 1 fully saturated rings. The summed E-state index contributed by atoms with van der Waals surface area (Å²) in [5.41, 5.74) is 1.07. The molecule has 0 saturated carbocycles. The van der Waals surface area contributed by atoms with Crippen molar-refractivity contribution in [1.82, 2.24) is 15.2 Å². The molecule has 1 atom stereocenters. The molecule has 5 nitrogen and oxygen atoms in total. The Kier molecular flexibility index (Phi) is 6.63. The van der Waals surface area contributed by atoms with E-state index in [1.54, 1.807) is 6.20 Å². The number of carbonyl (C=O) groups excluding carboxylic acids is 1. The second kappa shape index (κ2) is 8.74. The van der Waals surface area contributed by atoms with Crippen LogP contribution >= 0.6 is 0 Å². The van der Waals surface area contributed by atoms with Crippen molar-refractivity contribution in [2.75, 3.05) is 32.8 Å². The molecule has 0 aromatic carbocycles. The summed E-state index contributed by atoms with van der Waals surface area (Å²) in [6, 6.07) is 3.98. The van der Waals surface area contributed by atoms with E-state index in [1.807, 2.05) is 18.3 Å². The molecule has 1 aliphatic heterocycles. The Bertz CT molecular complexity index is 419. The van der Waals surface area contributed by atoms with Crippen LogP contribution in [0.3, 0.4) is 0 Å². The van der Waals surface area contributed by atoms with Crippen LogP contribution in [0.15, 0.2) is 24.5 Å². The van der Waals surface area contributed by atoms with Crippen LogP contribution in [0.2, 0.25) is 0 Å². The van der Waals surface area contributed by atoms with Crippen molar-refractivity contribution in [2.45, 2.75) is 32.2 Å². The highest BCUT2D eigenvalue weighted by atomic mass is 16.5. The largest absolute Gasteiger partial charge is 0.379 e. The molecule has 1 aromatic rings. The molecule has 0 spiro atoms. The maximum absolute atomic E-state index is 12.1. The van der Waals surface area contributed by atoms with Gasteiger partial charge in [0, 0.05) is 31.9 Å². The Balaban J connectivity index is 1.70. The zero-order chi connectivity index (χ0) is 14.9. The highest BCUT2D eigenvalue weighted by Crippen LogP contribution is 2.15. The fourth-order valence-electron chi connectivity index (χ4n) is 2.56. The van der Waals surface area contributed by atoms with Crippen molar-refractivity contribution < 1.29 is 9.53 Å². The van der Waals surface area contributed by atoms with Crippen LogP contribution in [-0.2, 0) is 9.53 Å². The molecule has 0 radical (unpaired) electrons. The third kappa shape index (κ3) is 5.44. The first-order valence-corrected chi connectivity index (χ1v) is 7.79. The van der Waals surface area contributed by atoms with Gasteiger partial charge in [0.2, 0.25) is 5.91 Å². The van der Waals surface area contributed by atoms with E-state index < -0.39 is 0 Å². The summed E-state index contributed by atoms with van der Waals surface area (Å²) in [4.78, 5) is 18.5. The van der Waals surface area contributed by atoms with Crippen LogP contribution in [0.1, 0.15) is 37.8 Å². The van der Waals surface area contributed by atoms with Gasteiger partial charge in [0.15, 0.2) is 0 Å². The Morgan fingerprint density at radius 2 is 2.29 bits per heavy atom. The first-order valence-electron chi connectivity index (χ1n) is 7.79. The van der Waals surface area contributed by atoms with Gasteiger partial charge in [-0.05, 0) is 31.0 Å². The second-order valence-electron chi connectivity index (χ2n) is 5.37. The van der Waals surface area contributed by atoms with E-state index in [-0.39, 0.29) is 11.9 Å². The summed E-state index contributed by atoms with van der Waals surface area (Å²) in [5, 5.41) is 3.10. The lowest BCUT2D eigenvalue weighted by Gasteiger charge is -2.26. The summed E-state index contributed by atoms with van der Waals surface area (Å²) >= 11 is 0. The van der Waals surface area contributed by atoms with Crippen molar-refractivity contribution in [1.29, 1.82) is 0 Å². The molecular weight excluding hydrogens is 266 g/mol. The van der Waals surface area contributed by atoms with Crippen molar-refractivity contribution >= 4 is 5.91 Å². The number of carbonyl (C=O) groups is 1. The minimum absolute atomic E-state index is 0.0644. The summed E-state index contributed by atoms with van der Waals surface area (Å²) in [6.07, 6.45) is 5.92. The molecule has 21 heavy (non-hydrogen) atoms. The smallest absolute Gasteiger partial charge is 0.220 e. The van der Waals surface area contributed by atoms with E-state index >= 15 is 0 Å². The average molecular weight is 291 g/mol. The van der Waals surface area contributed by atoms with E-state index in [9.17, 15) is 4.79 Å². The molecule has 2 heterocycles. The van der Waals surface area contributed by atoms with Crippen molar-refractivity contribution in [3.05, 3.63) is 30.1 Å². The number of morpholine rings is 1. The van der Waals surface area contributed by atoms with E-state index in [0.29, 0.717) is 6.42 Å². The van der Waals surface area contributed by atoms with Crippen molar-refractivity contribution in [3.8, 4) is 0 Å². The van der Waals surface area contributed by atoms with Crippen LogP contribution in [0.5, 0.6) is 0 Å². The van der Waals surface area contributed by atoms with Gasteiger partial charge in [-0.3, -0.25) is 14.7 Å². The summed E-state index contributed by atoms with van der Waals surface area (Å²) in [7, 11) is 0. The Morgan fingerprint density at radius 3 is 2.95 bits per heavy atom. The van der Waals surface area contributed by atoms with Gasteiger partial charge in [-0.1, -0.05) is 13.0 Å². The van der Waals surface area contributed by atoms with E-state index in [4.69, 9.17) is 4.74 Å². The maximum atomic E-state index is 12.1. The van der Waals surface area contributed by atoms with E-state index in [2.05, 4.69) is 22.1 Å². The third-order valence-corrected chi connectivity index (χ3v) is 3.81. The highest BCUT2D eigenvalue weighted by molar-refractivity contribution is 5.76. The number of pyridine rings is 1. The summed E-state index contributed by atoms with van der Waals surface area (Å²) < 4.78 is 5.32. The first-order chi connectivity index (χ1) is 10.3. The molecule has 2 rings (SSSR count). The van der Waals surface area contributed by atoms with Gasteiger partial charge in [-0.25, -0.2) is 0 Å². The van der Waals surface area contributed by atoms with Gasteiger partial charge in [-0.15, -0.1) is 0 Å². The fourth-order valence-corrected chi connectivity index (χ4v) is 2.56. The van der Waals surface area contributed by atoms with Gasteiger partial charge < -0.3 is 10.1 Å². The maximum Gasteiger partial charge on any atom is 0.220 e. The SMILES string of the molecule is CC[C@@H](NC(=O)CCCN1CCOCC1)c1cccnc1. The summed E-state index contributed by atoms with van der Waals surface area (Å²) in [6.45, 7) is 6.63. The first kappa shape index (κ1) is 15.9. The number of ether oxygens (including phenoxy) is 1. The standard InChI is InChI=1S/C16H25N3O2/c1-2-15(14-5-3-7-17-13-14)18-16(20)6-4-8-19-9-11-21-12-10-19/h3,5,7,13,15H,2,4,6,8-12H2,1H3,(H,18,20)/t15-/m1/s1. The topological polar surface area (TPSA) is 54.5 Å². The molecule has 1 aliphatic rings. The molecular formula is C16H25N3O2. The predicted octanol–water partition coefficient (Wildman–Crippen LogP) is 1.76. The van der Waals surface area contributed by atoms with Gasteiger partial charge in [0.1, 0.15) is 0 Å². The lowest BCUT2D eigenvalue weighted by atomic mass is 10.1. The minimum Gasteiger partial charge on any atom is -0.379 e. The van der Waals surface area contributed by atoms with E-state index in [0.717, 1.165) is 51.3 Å². The second-order valence-corrected chi connectivity index (χ2v) is 5.37. The third-order valence-electron chi connectivity index (χ3n) is 3.81. The summed E-state index contributed by atoms with van der Waals surface area (Å²) in [5.74, 6) is 0.124. The van der Waals surface area contributed by atoms with Crippen LogP contribution in [-0.4, -0.2) is 48.6 Å². The number of nitrogens with zero attached hydrogens (tertiary/aromatic N) is 2. The van der Waals surface area contributed by atoms with Gasteiger partial charge in [0.25, 0.3) is 0 Å². The molecule has 116 valence electrons. The van der Waals surface area contributed by atoms with Crippen molar-refractivity contribution in [3.63, 3.8) is 0 Å². The zero-order valence-corrected chi connectivity index (χ0v) is 12.8. The average Bonchev–Trinajstić information content (AvgIpc) is 2.54. The molecule has 5 heteroatoms. The number of hydrogen-bond donors (Lipinski definition) is 1. The number of amides is 1. The minimum atomic E-state index is 0.0644. The van der Waals surface area contributed by atoms with Crippen LogP contribution < -0.4 is 5.32 Å². The van der Waals surface area contributed by atoms with Crippen LogP contribution in [0, 0.1) is 0 Å². The van der Waals surface area contributed by atoms with Crippen LogP contribution in [0.25, 0.3) is 0 Å². The Labute approximate surface area is 126 Å². The van der Waals surface area contributed by atoms with Crippen molar-refractivity contribution in [2.24, 2.45) is 0 Å². The van der Waals surface area contributed by atoms with Gasteiger partial charge >= 0.3 is 0 Å². The number of hydrogen-bond acceptors (Lipinski definition) is 4. The normalized spacial score (nSPS) is 17.4. The lowest BCUT2D eigenvalue weighted by Crippen LogP contribution is -2.37. The number of nitrogens with one attached hydrogen (secondary N) is 1. The molecule has 1 aromatic heterocycles. The Hall–Kier alpha value is -1.46. The molecule has 0 bridgehead atoms. The molecule has 1 saturated heterocycles. The Morgan fingerprint density at radius 1 is 1.48 bits per heavy atom. The highest BCUT2D eigenvalue weighted by Gasteiger charge is 2.14. The van der Waals surface area contributed by atoms with Gasteiger partial charge in [-0.2, -0.15) is 0 Å². The fraction of sp³-hybridized carbons (Fsp3) is 0.625. The van der Waals surface area contributed by atoms with Crippen LogP contribution in [0.4, 0.5) is 0 Å². The molecule has 0 unspecified atom stereocenters. The number of rotatable bonds is 7. The van der Waals surface area contributed by atoms with Gasteiger partial charge in [0.05, 0.1) is 19.3 Å². The quantitative estimate of drug-likeness (QED) is 0.832. The van der Waals surface area contributed by atoms with E-state index in [1.165, 1.54) is 0 Å². The predicted molar refractivity (Wildman–Crippen MR) is 81.9 cm³/mol. The molecule has 0 aliphatic carbocycles. The zero-order valence-electron chi connectivity index (χ0n) is 12.8. The molecule has 1 amide bonds. The monoisotopic (exact) mass is 291 g/mol. The molecule has 1 N–H and O–H groups in total. The lowest BCUT2D eigenvalue weighted by molar-refractivity contribution is -0.122. The number of aromatic nitrogens is 1.